The number of hydrogen-bond acceptors (Lipinski definition) is 6. The van der Waals surface area contributed by atoms with Crippen molar-refractivity contribution >= 4 is 27.6 Å². The Bertz CT molecular complexity index is 1230. The Kier molecular flexibility index (Phi) is 6.07. The Labute approximate surface area is 198 Å². The van der Waals surface area contributed by atoms with E-state index in [9.17, 15) is 18.0 Å². The maximum atomic E-state index is 12.7. The molecule has 34 heavy (non-hydrogen) atoms. The summed E-state index contributed by atoms with van der Waals surface area (Å²) in [6.45, 7) is 0.503. The average molecular weight is 482 g/mol. The zero-order chi connectivity index (χ0) is 23.7. The third-order valence-electron chi connectivity index (χ3n) is 6.77. The van der Waals surface area contributed by atoms with Gasteiger partial charge >= 0.3 is 6.03 Å². The fourth-order valence-electron chi connectivity index (χ4n) is 5.26. The molecule has 1 unspecified atom stereocenters. The van der Waals surface area contributed by atoms with Gasteiger partial charge < -0.3 is 10.2 Å². The molecular weight excluding hydrogens is 454 g/mol. The van der Waals surface area contributed by atoms with Gasteiger partial charge in [-0.2, -0.15) is 0 Å². The lowest BCUT2D eigenvalue weighted by atomic mass is 9.99. The van der Waals surface area contributed by atoms with Gasteiger partial charge in [0.15, 0.2) is 0 Å². The second-order valence-electron chi connectivity index (χ2n) is 8.96. The summed E-state index contributed by atoms with van der Waals surface area (Å²) in [5.74, 6) is -0.296. The molecule has 3 amide bonds. The number of aryl methyl sites for hydroxylation is 2. The average Bonchev–Trinajstić information content (AvgIpc) is 3.57. The molecule has 0 saturated carbocycles. The summed E-state index contributed by atoms with van der Waals surface area (Å²) < 4.78 is 27.3. The van der Waals surface area contributed by atoms with Crippen LogP contribution >= 0.6 is 0 Å². The molecule has 0 radical (unpaired) electrons. The van der Waals surface area contributed by atoms with Crippen LogP contribution in [-0.2, 0) is 35.7 Å². The predicted octanol–water partition coefficient (Wildman–Crippen LogP) is 2.72. The van der Waals surface area contributed by atoms with Crippen LogP contribution in [0.25, 0.3) is 0 Å². The number of carbonyl (C=O) groups is 2. The number of rotatable bonds is 5. The van der Waals surface area contributed by atoms with E-state index in [1.807, 2.05) is 0 Å². The molecule has 10 heteroatoms. The van der Waals surface area contributed by atoms with Crippen molar-refractivity contribution in [2.45, 2.75) is 57.4 Å². The lowest BCUT2D eigenvalue weighted by Crippen LogP contribution is -2.36. The maximum Gasteiger partial charge on any atom is 0.333 e. The van der Waals surface area contributed by atoms with E-state index in [1.165, 1.54) is 35.8 Å². The number of anilines is 1. The smallest absolute Gasteiger partial charge is 0.331 e. The molecule has 1 saturated heterocycles. The van der Waals surface area contributed by atoms with Crippen molar-refractivity contribution in [2.75, 3.05) is 11.9 Å². The fourth-order valence-corrected chi connectivity index (χ4v) is 6.03. The molecule has 9 nitrogen and oxygen atoms in total. The van der Waals surface area contributed by atoms with E-state index in [0.717, 1.165) is 67.2 Å². The van der Waals surface area contributed by atoms with E-state index in [-0.39, 0.29) is 11.6 Å². The van der Waals surface area contributed by atoms with Crippen LogP contribution in [0.2, 0.25) is 0 Å². The van der Waals surface area contributed by atoms with Gasteiger partial charge in [0.1, 0.15) is 5.69 Å². The summed E-state index contributed by atoms with van der Waals surface area (Å²) in [7, 11) is -4.04. The summed E-state index contributed by atoms with van der Waals surface area (Å²) in [5.41, 5.74) is 5.78. The highest BCUT2D eigenvalue weighted by Gasteiger charge is 2.29. The summed E-state index contributed by atoms with van der Waals surface area (Å²) in [6, 6.07) is 1.09. The Morgan fingerprint density at radius 1 is 1.03 bits per heavy atom. The van der Waals surface area contributed by atoms with E-state index < -0.39 is 22.1 Å². The molecule has 1 aromatic carbocycles. The standard InChI is InChI=1S/C24H27N5O4S/c30-23(21-15-25-10-11-26-21)29-12-3-6-18(29)9-13-34(32,33)28-24(31)27-22-19-7-1-4-16(19)14-17-5-2-8-20(17)22/h9-11,13-15,18H,1-8,12H2,(H2,27,28,31)/b13-9+. The number of sulfonamides is 1. The number of urea groups is 1. The summed E-state index contributed by atoms with van der Waals surface area (Å²) in [6.07, 6.45) is 13.0. The molecule has 2 aliphatic carbocycles. The highest BCUT2D eigenvalue weighted by molar-refractivity contribution is 7.92. The Balaban J connectivity index is 1.27. The number of nitrogens with zero attached hydrogens (tertiary/aromatic N) is 3. The predicted molar refractivity (Wildman–Crippen MR) is 127 cm³/mol. The number of aromatic nitrogens is 2. The molecule has 1 aliphatic heterocycles. The van der Waals surface area contributed by atoms with Crippen LogP contribution in [0, 0.1) is 0 Å². The van der Waals surface area contributed by atoms with Gasteiger partial charge in [0.05, 0.1) is 12.2 Å². The van der Waals surface area contributed by atoms with E-state index >= 15 is 0 Å². The molecule has 2 N–H and O–H groups in total. The van der Waals surface area contributed by atoms with Crippen LogP contribution in [0.5, 0.6) is 0 Å². The largest absolute Gasteiger partial charge is 0.333 e. The number of fused-ring (bicyclic) bond motifs is 2. The molecule has 3 aliphatic rings. The maximum absolute atomic E-state index is 12.7. The van der Waals surface area contributed by atoms with E-state index in [2.05, 4.69) is 26.1 Å². The van der Waals surface area contributed by atoms with Gasteiger partial charge in [0.25, 0.3) is 15.9 Å². The lowest BCUT2D eigenvalue weighted by Gasteiger charge is -2.21. The Morgan fingerprint density at radius 2 is 1.76 bits per heavy atom. The summed E-state index contributed by atoms with van der Waals surface area (Å²) >= 11 is 0. The molecule has 1 atom stereocenters. The summed E-state index contributed by atoms with van der Waals surface area (Å²) in [5, 5.41) is 3.80. The van der Waals surface area contributed by atoms with E-state index in [4.69, 9.17) is 0 Å². The van der Waals surface area contributed by atoms with Gasteiger partial charge in [0.2, 0.25) is 0 Å². The van der Waals surface area contributed by atoms with Crippen molar-refractivity contribution in [3.63, 3.8) is 0 Å². The van der Waals surface area contributed by atoms with E-state index in [1.54, 1.807) is 4.90 Å². The minimum Gasteiger partial charge on any atom is -0.331 e. The number of benzene rings is 1. The van der Waals surface area contributed by atoms with Crippen LogP contribution in [0.1, 0.15) is 58.4 Å². The van der Waals surface area contributed by atoms with Crippen molar-refractivity contribution in [3.8, 4) is 0 Å². The molecule has 2 heterocycles. The van der Waals surface area contributed by atoms with Crippen LogP contribution in [0.15, 0.2) is 36.1 Å². The Morgan fingerprint density at radius 3 is 2.44 bits per heavy atom. The number of likely N-dealkylation sites (tertiary alicyclic amines) is 1. The van der Waals surface area contributed by atoms with Crippen molar-refractivity contribution in [1.82, 2.24) is 19.6 Å². The van der Waals surface area contributed by atoms with Gasteiger partial charge in [-0.25, -0.2) is 22.9 Å². The van der Waals surface area contributed by atoms with Crippen molar-refractivity contribution < 1.29 is 18.0 Å². The minimum absolute atomic E-state index is 0.214. The monoisotopic (exact) mass is 481 g/mol. The number of hydrogen-bond donors (Lipinski definition) is 2. The van der Waals surface area contributed by atoms with Gasteiger partial charge in [0, 0.05) is 30.0 Å². The highest BCUT2D eigenvalue weighted by atomic mass is 32.2. The molecule has 1 fully saturated rings. The third kappa shape index (κ3) is 4.54. The first kappa shape index (κ1) is 22.5. The molecule has 5 rings (SSSR count). The number of nitrogens with one attached hydrogen (secondary N) is 2. The number of carbonyl (C=O) groups excluding carboxylic acids is 2. The zero-order valence-corrected chi connectivity index (χ0v) is 19.6. The molecule has 0 bridgehead atoms. The Hall–Kier alpha value is -3.27. The van der Waals surface area contributed by atoms with Crippen molar-refractivity contribution in [3.05, 3.63) is 64.1 Å². The quantitative estimate of drug-likeness (QED) is 0.677. The minimum atomic E-state index is -4.04. The van der Waals surface area contributed by atoms with Crippen LogP contribution in [0.4, 0.5) is 10.5 Å². The SMILES string of the molecule is O=C(Nc1c2c(cc3c1CCC3)CCC2)NS(=O)(=O)/C=C/C1CCCN1C(=O)c1cnccn1. The molecule has 1 aromatic heterocycles. The molecular formula is C24H27N5O4S. The van der Waals surface area contributed by atoms with Crippen molar-refractivity contribution in [1.29, 1.82) is 0 Å². The second-order valence-corrected chi connectivity index (χ2v) is 10.5. The van der Waals surface area contributed by atoms with Crippen LogP contribution in [-0.4, -0.2) is 47.8 Å². The third-order valence-corrected chi connectivity index (χ3v) is 7.75. The molecule has 0 spiro atoms. The number of amides is 3. The molecule has 2 aromatic rings. The van der Waals surface area contributed by atoms with Crippen molar-refractivity contribution in [2.24, 2.45) is 0 Å². The van der Waals surface area contributed by atoms with Gasteiger partial charge in [-0.3, -0.25) is 9.78 Å². The first-order valence-corrected chi connectivity index (χ1v) is 13.2. The van der Waals surface area contributed by atoms with Crippen LogP contribution < -0.4 is 10.0 Å². The van der Waals surface area contributed by atoms with Crippen LogP contribution in [0.3, 0.4) is 0 Å². The highest BCUT2D eigenvalue weighted by Crippen LogP contribution is 2.38. The van der Waals surface area contributed by atoms with Gasteiger partial charge in [-0.15, -0.1) is 0 Å². The first-order chi connectivity index (χ1) is 16.4. The zero-order valence-electron chi connectivity index (χ0n) is 18.8. The molecule has 178 valence electrons. The lowest BCUT2D eigenvalue weighted by molar-refractivity contribution is 0.0755. The van der Waals surface area contributed by atoms with Gasteiger partial charge in [-0.1, -0.05) is 6.07 Å². The first-order valence-electron chi connectivity index (χ1n) is 11.7. The topological polar surface area (TPSA) is 121 Å². The normalized spacial score (nSPS) is 19.3. The fraction of sp³-hybridized carbons (Fsp3) is 0.417. The summed E-state index contributed by atoms with van der Waals surface area (Å²) in [4.78, 5) is 34.9. The van der Waals surface area contributed by atoms with Gasteiger partial charge in [-0.05, 0) is 79.7 Å². The van der Waals surface area contributed by atoms with E-state index in [0.29, 0.717) is 13.0 Å². The second kappa shape index (κ2) is 9.17.